The van der Waals surface area contributed by atoms with Crippen LogP contribution in [-0.2, 0) is 11.3 Å². The van der Waals surface area contributed by atoms with Gasteiger partial charge >= 0.3 is 5.97 Å². The summed E-state index contributed by atoms with van der Waals surface area (Å²) in [5, 5.41) is 0.457. The Labute approximate surface area is 134 Å². The largest absolute Gasteiger partial charge is 0.457 e. The first-order valence-corrected chi connectivity index (χ1v) is 7.18. The van der Waals surface area contributed by atoms with Crippen molar-refractivity contribution in [2.24, 2.45) is 0 Å². The fraction of sp³-hybridized carbons (Fsp3) is 0.0714. The van der Waals surface area contributed by atoms with E-state index in [0.29, 0.717) is 0 Å². The minimum atomic E-state index is -0.502. The Kier molecular flexibility index (Phi) is 4.91. The van der Waals surface area contributed by atoms with Crippen LogP contribution in [0.4, 0.5) is 5.69 Å². The molecule has 104 valence electrons. The van der Waals surface area contributed by atoms with Gasteiger partial charge in [-0.2, -0.15) is 0 Å². The van der Waals surface area contributed by atoms with Crippen LogP contribution in [0.15, 0.2) is 40.9 Å². The number of ether oxygens (including phenoxy) is 1. The summed E-state index contributed by atoms with van der Waals surface area (Å²) in [6.07, 6.45) is 0. The third-order valence-corrected chi connectivity index (χ3v) is 3.92. The number of esters is 1. The van der Waals surface area contributed by atoms with Crippen LogP contribution in [0.1, 0.15) is 15.9 Å². The highest BCUT2D eigenvalue weighted by Gasteiger charge is 2.12. The molecular formula is C14H10BrCl2NO2. The summed E-state index contributed by atoms with van der Waals surface area (Å²) in [5.41, 5.74) is 7.06. The Morgan fingerprint density at radius 3 is 2.45 bits per heavy atom. The van der Waals surface area contributed by atoms with E-state index in [9.17, 15) is 4.79 Å². The lowest BCUT2D eigenvalue weighted by Crippen LogP contribution is -2.06. The zero-order chi connectivity index (χ0) is 14.7. The van der Waals surface area contributed by atoms with E-state index in [2.05, 4.69) is 15.9 Å². The van der Waals surface area contributed by atoms with Crippen molar-refractivity contribution in [1.82, 2.24) is 0 Å². The number of nitrogen functional groups attached to an aromatic ring is 1. The summed E-state index contributed by atoms with van der Waals surface area (Å²) in [5.74, 6) is -0.502. The maximum atomic E-state index is 11.9. The smallest absolute Gasteiger partial charge is 0.338 e. The van der Waals surface area contributed by atoms with Crippen molar-refractivity contribution >= 4 is 50.8 Å². The number of carbonyl (C=O) groups excluding carboxylic acids is 1. The molecule has 0 fully saturated rings. The van der Waals surface area contributed by atoms with Crippen molar-refractivity contribution in [3.63, 3.8) is 0 Å². The molecule has 0 saturated heterocycles. The molecule has 0 radical (unpaired) electrons. The van der Waals surface area contributed by atoms with Crippen molar-refractivity contribution in [2.45, 2.75) is 6.61 Å². The Bertz CT molecular complexity index is 621. The molecule has 0 bridgehead atoms. The lowest BCUT2D eigenvalue weighted by molar-refractivity contribution is 0.0473. The first-order chi connectivity index (χ1) is 9.47. The fourth-order valence-electron chi connectivity index (χ4n) is 1.54. The highest BCUT2D eigenvalue weighted by Crippen LogP contribution is 2.29. The highest BCUT2D eigenvalue weighted by molar-refractivity contribution is 9.10. The second kappa shape index (κ2) is 6.48. The third-order valence-electron chi connectivity index (χ3n) is 2.58. The van der Waals surface area contributed by atoms with Gasteiger partial charge in [0.15, 0.2) is 0 Å². The van der Waals surface area contributed by atoms with Crippen LogP contribution in [0.25, 0.3) is 0 Å². The van der Waals surface area contributed by atoms with E-state index in [-0.39, 0.29) is 27.9 Å². The van der Waals surface area contributed by atoms with Gasteiger partial charge in [-0.15, -0.1) is 0 Å². The molecule has 0 heterocycles. The van der Waals surface area contributed by atoms with E-state index >= 15 is 0 Å². The second-order valence-electron chi connectivity index (χ2n) is 4.06. The van der Waals surface area contributed by atoms with Crippen LogP contribution in [0.2, 0.25) is 10.0 Å². The number of hydrogen-bond donors (Lipinski definition) is 1. The van der Waals surface area contributed by atoms with Crippen LogP contribution in [0.5, 0.6) is 0 Å². The van der Waals surface area contributed by atoms with Gasteiger partial charge in [-0.1, -0.05) is 51.3 Å². The minimum absolute atomic E-state index is 0.173. The van der Waals surface area contributed by atoms with Gasteiger partial charge in [0, 0.05) is 4.47 Å². The van der Waals surface area contributed by atoms with Crippen LogP contribution in [0, 0.1) is 0 Å². The fourth-order valence-corrected chi connectivity index (χ4v) is 2.14. The van der Waals surface area contributed by atoms with Gasteiger partial charge in [0.25, 0.3) is 0 Å². The normalized spacial score (nSPS) is 10.3. The summed E-state index contributed by atoms with van der Waals surface area (Å²) in [6, 6.07) is 10.4. The van der Waals surface area contributed by atoms with Gasteiger partial charge in [0.2, 0.25) is 0 Å². The van der Waals surface area contributed by atoms with Crippen LogP contribution in [0.3, 0.4) is 0 Å². The molecule has 2 rings (SSSR count). The topological polar surface area (TPSA) is 52.3 Å². The van der Waals surface area contributed by atoms with Crippen molar-refractivity contribution in [2.75, 3.05) is 5.73 Å². The Morgan fingerprint density at radius 1 is 1.20 bits per heavy atom. The van der Waals surface area contributed by atoms with Gasteiger partial charge in [-0.25, -0.2) is 4.79 Å². The molecule has 20 heavy (non-hydrogen) atoms. The Balaban J connectivity index is 2.07. The lowest BCUT2D eigenvalue weighted by Gasteiger charge is -2.07. The number of hydrogen-bond acceptors (Lipinski definition) is 3. The third kappa shape index (κ3) is 3.66. The molecule has 6 heteroatoms. The zero-order valence-electron chi connectivity index (χ0n) is 10.2. The molecule has 2 aromatic rings. The lowest BCUT2D eigenvalue weighted by atomic mass is 10.2. The molecule has 0 aliphatic heterocycles. The zero-order valence-corrected chi connectivity index (χ0v) is 13.3. The maximum absolute atomic E-state index is 11.9. The van der Waals surface area contributed by atoms with Crippen molar-refractivity contribution in [1.29, 1.82) is 0 Å². The number of anilines is 1. The first kappa shape index (κ1) is 15.2. The standard InChI is InChI=1S/C14H10BrCl2NO2/c15-10-3-1-8(2-4-10)7-20-14(19)9-5-11(16)13(17)12(18)6-9/h1-6H,7,18H2. The van der Waals surface area contributed by atoms with Gasteiger partial charge in [-0.05, 0) is 29.8 Å². The molecule has 2 N–H and O–H groups in total. The van der Waals surface area contributed by atoms with E-state index in [1.165, 1.54) is 12.1 Å². The number of rotatable bonds is 3. The number of carbonyl (C=O) groups is 1. The number of nitrogens with two attached hydrogens (primary N) is 1. The summed E-state index contributed by atoms with van der Waals surface area (Å²) in [7, 11) is 0. The number of halogens is 3. The van der Waals surface area contributed by atoms with Crippen molar-refractivity contribution < 1.29 is 9.53 Å². The van der Waals surface area contributed by atoms with Crippen LogP contribution in [-0.4, -0.2) is 5.97 Å². The SMILES string of the molecule is Nc1cc(C(=O)OCc2ccc(Br)cc2)cc(Cl)c1Cl. The van der Waals surface area contributed by atoms with Gasteiger partial charge < -0.3 is 10.5 Å². The quantitative estimate of drug-likeness (QED) is 0.626. The molecule has 0 aromatic heterocycles. The summed E-state index contributed by atoms with van der Waals surface area (Å²) < 4.78 is 6.16. The summed E-state index contributed by atoms with van der Waals surface area (Å²) in [4.78, 5) is 11.9. The van der Waals surface area contributed by atoms with Gasteiger partial charge in [0.05, 0.1) is 21.3 Å². The van der Waals surface area contributed by atoms with E-state index in [1.54, 1.807) is 0 Å². The maximum Gasteiger partial charge on any atom is 0.338 e. The van der Waals surface area contributed by atoms with Crippen molar-refractivity contribution in [3.05, 3.63) is 62.0 Å². The molecule has 0 unspecified atom stereocenters. The summed E-state index contributed by atoms with van der Waals surface area (Å²) >= 11 is 15.0. The molecule has 0 aliphatic carbocycles. The van der Waals surface area contributed by atoms with Gasteiger partial charge in [0.1, 0.15) is 6.61 Å². The average Bonchev–Trinajstić information content (AvgIpc) is 2.43. The molecule has 0 spiro atoms. The molecular weight excluding hydrogens is 365 g/mol. The molecule has 0 saturated carbocycles. The molecule has 0 atom stereocenters. The van der Waals surface area contributed by atoms with Crippen LogP contribution >= 0.6 is 39.1 Å². The Morgan fingerprint density at radius 2 is 1.85 bits per heavy atom. The average molecular weight is 375 g/mol. The monoisotopic (exact) mass is 373 g/mol. The molecule has 2 aromatic carbocycles. The minimum Gasteiger partial charge on any atom is -0.457 e. The molecule has 0 amide bonds. The number of benzene rings is 2. The predicted molar refractivity (Wildman–Crippen MR) is 84.1 cm³/mol. The van der Waals surface area contributed by atoms with Crippen LogP contribution < -0.4 is 5.73 Å². The van der Waals surface area contributed by atoms with E-state index in [4.69, 9.17) is 33.7 Å². The van der Waals surface area contributed by atoms with E-state index in [0.717, 1.165) is 10.0 Å². The van der Waals surface area contributed by atoms with Crippen molar-refractivity contribution in [3.8, 4) is 0 Å². The Hall–Kier alpha value is -1.23. The molecule has 0 aliphatic rings. The summed E-state index contributed by atoms with van der Waals surface area (Å²) in [6.45, 7) is 0.173. The molecule has 3 nitrogen and oxygen atoms in total. The van der Waals surface area contributed by atoms with E-state index < -0.39 is 5.97 Å². The van der Waals surface area contributed by atoms with Gasteiger partial charge in [-0.3, -0.25) is 0 Å². The highest BCUT2D eigenvalue weighted by atomic mass is 79.9. The van der Waals surface area contributed by atoms with E-state index in [1.807, 2.05) is 24.3 Å². The first-order valence-electron chi connectivity index (χ1n) is 5.63. The predicted octanol–water partition coefficient (Wildman–Crippen LogP) is 4.70. The second-order valence-corrected chi connectivity index (χ2v) is 5.76.